The van der Waals surface area contributed by atoms with Crippen molar-refractivity contribution in [2.75, 3.05) is 12.7 Å². The van der Waals surface area contributed by atoms with Crippen LogP contribution in [-0.4, -0.2) is 57.5 Å². The Hall–Kier alpha value is -1.48. The van der Waals surface area contributed by atoms with E-state index in [2.05, 4.69) is 10.6 Å². The van der Waals surface area contributed by atoms with Crippen molar-refractivity contribution in [2.45, 2.75) is 45.2 Å². The van der Waals surface area contributed by atoms with Crippen LogP contribution in [0.25, 0.3) is 0 Å². The number of hydrogen-bond donors (Lipinski definition) is 6. The van der Waals surface area contributed by atoms with E-state index in [1.165, 1.54) is 0 Å². The molecule has 0 radical (unpaired) electrons. The summed E-state index contributed by atoms with van der Waals surface area (Å²) in [5, 5.41) is 13.5. The molecule has 0 bridgehead atoms. The largest absolute Gasteiger partial charge is 0.481 e. The Morgan fingerprint density at radius 1 is 1.17 bits per heavy atom. The molecule has 7 N–H and O–H groups in total. The first-order valence-corrected chi connectivity index (χ1v) is 9.34. The minimum atomic E-state index is -4.11. The first kappa shape index (κ1) is 22.5. The fourth-order valence-electron chi connectivity index (χ4n) is 1.81. The van der Waals surface area contributed by atoms with Crippen LogP contribution in [0.1, 0.15) is 33.1 Å². The van der Waals surface area contributed by atoms with Gasteiger partial charge in [-0.25, -0.2) is 0 Å². The third kappa shape index (κ3) is 10.3. The predicted molar refractivity (Wildman–Crippen MR) is 86.2 cm³/mol. The molecular weight excluding hydrogens is 341 g/mol. The number of carboxylic acid groups (broad SMARTS) is 1. The van der Waals surface area contributed by atoms with E-state index in [1.807, 2.05) is 0 Å². The van der Waals surface area contributed by atoms with Crippen molar-refractivity contribution in [1.29, 1.82) is 0 Å². The fourth-order valence-corrected chi connectivity index (χ4v) is 2.38. The lowest BCUT2D eigenvalue weighted by Gasteiger charge is -2.23. The molecule has 0 aliphatic carbocycles. The van der Waals surface area contributed by atoms with Crippen molar-refractivity contribution in [3.8, 4) is 0 Å². The third-order valence-electron chi connectivity index (χ3n) is 3.18. The lowest BCUT2D eigenvalue weighted by atomic mass is 10.0. The maximum Gasteiger partial charge on any atom is 0.325 e. The summed E-state index contributed by atoms with van der Waals surface area (Å²) in [6.45, 7) is 3.49. The highest BCUT2D eigenvalue weighted by atomic mass is 31.2. The van der Waals surface area contributed by atoms with Crippen LogP contribution in [0.5, 0.6) is 0 Å². The molecular formula is C13H26N3O7P. The second-order valence-corrected chi connectivity index (χ2v) is 7.58. The van der Waals surface area contributed by atoms with Crippen molar-refractivity contribution in [1.82, 2.24) is 10.6 Å². The normalized spacial score (nSPS) is 14.1. The molecule has 0 saturated carbocycles. The lowest BCUT2D eigenvalue weighted by molar-refractivity contribution is -0.137. The second kappa shape index (κ2) is 10.4. The molecule has 0 aromatic rings. The zero-order valence-corrected chi connectivity index (χ0v) is 14.7. The summed E-state index contributed by atoms with van der Waals surface area (Å²) in [6, 6.07) is -1.91. The number of carbonyl (C=O) groups is 3. The monoisotopic (exact) mass is 367 g/mol. The Balaban J connectivity index is 4.46. The molecule has 0 aromatic heterocycles. The van der Waals surface area contributed by atoms with Gasteiger partial charge in [-0.05, 0) is 18.8 Å². The van der Waals surface area contributed by atoms with Crippen LogP contribution in [0.2, 0.25) is 0 Å². The van der Waals surface area contributed by atoms with Gasteiger partial charge < -0.3 is 31.3 Å². The Labute approximate surface area is 140 Å². The van der Waals surface area contributed by atoms with Crippen molar-refractivity contribution >= 4 is 25.4 Å². The second-order valence-electron chi connectivity index (χ2n) is 5.80. The Kier molecular flexibility index (Phi) is 9.76. The van der Waals surface area contributed by atoms with Gasteiger partial charge in [-0.3, -0.25) is 18.9 Å². The zero-order valence-electron chi connectivity index (χ0n) is 13.8. The summed E-state index contributed by atoms with van der Waals surface area (Å²) in [7, 11) is -4.11. The molecule has 0 spiro atoms. The molecule has 0 aliphatic heterocycles. The van der Waals surface area contributed by atoms with Crippen LogP contribution in [-0.2, 0) is 18.9 Å². The van der Waals surface area contributed by atoms with Gasteiger partial charge in [0.05, 0.1) is 12.2 Å². The van der Waals surface area contributed by atoms with Crippen molar-refractivity contribution in [3.05, 3.63) is 0 Å². The van der Waals surface area contributed by atoms with Crippen LogP contribution in [0.15, 0.2) is 0 Å². The van der Waals surface area contributed by atoms with Crippen molar-refractivity contribution in [3.63, 3.8) is 0 Å². The van der Waals surface area contributed by atoms with E-state index in [4.69, 9.17) is 20.6 Å². The number of carboxylic acids is 1. The first-order valence-electron chi connectivity index (χ1n) is 7.54. The van der Waals surface area contributed by atoms with Gasteiger partial charge in [0.1, 0.15) is 6.04 Å². The minimum Gasteiger partial charge on any atom is -0.481 e. The van der Waals surface area contributed by atoms with E-state index >= 15 is 0 Å². The number of nitrogens with one attached hydrogen (secondary N) is 2. The van der Waals surface area contributed by atoms with E-state index in [9.17, 15) is 18.9 Å². The topological polar surface area (TPSA) is 179 Å². The number of aliphatic carboxylic acids is 1. The van der Waals surface area contributed by atoms with Gasteiger partial charge >= 0.3 is 13.6 Å². The van der Waals surface area contributed by atoms with Crippen LogP contribution >= 0.6 is 7.60 Å². The molecule has 140 valence electrons. The van der Waals surface area contributed by atoms with Gasteiger partial charge in [-0.15, -0.1) is 0 Å². The zero-order chi connectivity index (χ0) is 18.9. The molecule has 0 rings (SSSR count). The molecule has 0 aliphatic rings. The molecule has 0 saturated heterocycles. The van der Waals surface area contributed by atoms with Crippen LogP contribution in [0.3, 0.4) is 0 Å². The van der Waals surface area contributed by atoms with E-state index in [0.29, 0.717) is 0 Å². The molecule has 2 atom stereocenters. The summed E-state index contributed by atoms with van der Waals surface area (Å²) in [4.78, 5) is 51.9. The maximum absolute atomic E-state index is 12.1. The minimum absolute atomic E-state index is 0.0457. The van der Waals surface area contributed by atoms with E-state index in [-0.39, 0.29) is 37.9 Å². The van der Waals surface area contributed by atoms with Gasteiger partial charge in [0, 0.05) is 13.0 Å². The van der Waals surface area contributed by atoms with Crippen molar-refractivity contribution in [2.24, 2.45) is 11.7 Å². The number of carbonyl (C=O) groups excluding carboxylic acids is 2. The summed E-state index contributed by atoms with van der Waals surface area (Å²) < 4.78 is 10.7. The lowest BCUT2D eigenvalue weighted by Crippen LogP contribution is -2.54. The summed E-state index contributed by atoms with van der Waals surface area (Å²) in [6.07, 6.45) is -0.537. The van der Waals surface area contributed by atoms with Crippen LogP contribution < -0.4 is 16.4 Å². The fraction of sp³-hybridized carbons (Fsp3) is 0.769. The Bertz CT molecular complexity index is 492. The molecule has 0 fully saturated rings. The Morgan fingerprint density at radius 3 is 2.21 bits per heavy atom. The average Bonchev–Trinajstić information content (AvgIpc) is 2.44. The first-order chi connectivity index (χ1) is 10.9. The quantitative estimate of drug-likeness (QED) is 0.199. The molecule has 2 amide bonds. The molecule has 0 unspecified atom stereocenters. The standard InChI is InChI=1S/C13H26N3O7P/c1-8(2)11(13(20)15-6-3-7-24(21,22)23)16-12(19)9(14)4-5-10(17)18/h8-9,11H,3-7,14H2,1-2H3,(H,15,20)(H,16,19)(H,17,18)(H2,21,22,23)/t9-,11-/m0/s1. The summed E-state index contributed by atoms with van der Waals surface area (Å²) in [5.74, 6) is -2.43. The number of rotatable bonds is 11. The SMILES string of the molecule is CC(C)[C@H](NC(=O)[C@@H](N)CCC(=O)O)C(=O)NCCCP(=O)(O)O. The van der Waals surface area contributed by atoms with Gasteiger partial charge in [0.15, 0.2) is 0 Å². The van der Waals surface area contributed by atoms with Gasteiger partial charge in [0.2, 0.25) is 11.8 Å². The van der Waals surface area contributed by atoms with Gasteiger partial charge in [0.25, 0.3) is 0 Å². The highest BCUT2D eigenvalue weighted by Gasteiger charge is 2.26. The predicted octanol–water partition coefficient (Wildman–Crippen LogP) is -0.997. The van der Waals surface area contributed by atoms with Crippen LogP contribution in [0.4, 0.5) is 0 Å². The highest BCUT2D eigenvalue weighted by molar-refractivity contribution is 7.51. The van der Waals surface area contributed by atoms with E-state index < -0.39 is 37.5 Å². The van der Waals surface area contributed by atoms with Crippen molar-refractivity contribution < 1.29 is 33.8 Å². The summed E-state index contributed by atoms with van der Waals surface area (Å²) in [5.41, 5.74) is 5.59. The molecule has 24 heavy (non-hydrogen) atoms. The number of hydrogen-bond acceptors (Lipinski definition) is 5. The van der Waals surface area contributed by atoms with Gasteiger partial charge in [-0.1, -0.05) is 13.8 Å². The van der Waals surface area contributed by atoms with E-state index in [0.717, 1.165) is 0 Å². The number of nitrogens with two attached hydrogens (primary N) is 1. The maximum atomic E-state index is 12.1. The third-order valence-corrected chi connectivity index (χ3v) is 4.08. The Morgan fingerprint density at radius 2 is 1.75 bits per heavy atom. The van der Waals surface area contributed by atoms with E-state index in [1.54, 1.807) is 13.8 Å². The smallest absolute Gasteiger partial charge is 0.325 e. The average molecular weight is 367 g/mol. The molecule has 0 aromatic carbocycles. The molecule has 0 heterocycles. The molecule has 11 heteroatoms. The highest BCUT2D eigenvalue weighted by Crippen LogP contribution is 2.34. The van der Waals surface area contributed by atoms with Crippen LogP contribution in [0, 0.1) is 5.92 Å². The van der Waals surface area contributed by atoms with Gasteiger partial charge in [-0.2, -0.15) is 0 Å². The number of amides is 2. The summed E-state index contributed by atoms with van der Waals surface area (Å²) >= 11 is 0. The molecule has 10 nitrogen and oxygen atoms in total.